The van der Waals surface area contributed by atoms with Crippen LogP contribution in [0.3, 0.4) is 0 Å². The summed E-state index contributed by atoms with van der Waals surface area (Å²) in [5, 5.41) is 14.4. The van der Waals surface area contributed by atoms with E-state index in [4.69, 9.17) is 27.9 Å². The number of likely N-dealkylation sites (N-methyl/N-ethyl adjacent to an activating group) is 1. The van der Waals surface area contributed by atoms with Gasteiger partial charge in [-0.15, -0.1) is 0 Å². The average Bonchev–Trinajstić information content (AvgIpc) is 2.39. The highest BCUT2D eigenvalue weighted by molar-refractivity contribution is 6.37. The highest BCUT2D eigenvalue weighted by Crippen LogP contribution is 2.32. The molecule has 0 spiro atoms. The van der Waals surface area contributed by atoms with Gasteiger partial charge in [-0.05, 0) is 6.07 Å². The molecule has 7 heteroatoms. The number of anilines is 2. The molecular weight excluding hydrogens is 301 g/mol. The smallest absolute Gasteiger partial charge is 0.149 e. The van der Waals surface area contributed by atoms with E-state index in [0.29, 0.717) is 54.3 Å². The molecule has 0 saturated carbocycles. The molecule has 0 amide bonds. The first kappa shape index (κ1) is 15.6. The molecule has 1 aromatic heterocycles. The van der Waals surface area contributed by atoms with Crippen LogP contribution in [0.2, 0.25) is 10.0 Å². The van der Waals surface area contributed by atoms with Gasteiger partial charge in [0.05, 0.1) is 15.6 Å². The van der Waals surface area contributed by atoms with E-state index >= 15 is 0 Å². The van der Waals surface area contributed by atoms with E-state index in [9.17, 15) is 5.11 Å². The molecule has 0 radical (unpaired) electrons. The van der Waals surface area contributed by atoms with Crippen molar-refractivity contribution in [3.8, 4) is 0 Å². The summed E-state index contributed by atoms with van der Waals surface area (Å²) >= 11 is 12.2. The summed E-state index contributed by atoms with van der Waals surface area (Å²) in [4.78, 5) is 6.25. The summed E-state index contributed by atoms with van der Waals surface area (Å²) in [6, 6.07) is 1.65. The van der Waals surface area contributed by atoms with Gasteiger partial charge < -0.3 is 20.1 Å². The van der Waals surface area contributed by atoms with Crippen molar-refractivity contribution in [3.63, 3.8) is 0 Å². The van der Waals surface area contributed by atoms with E-state index in [0.717, 1.165) is 0 Å². The topological polar surface area (TPSA) is 57.6 Å². The van der Waals surface area contributed by atoms with Crippen molar-refractivity contribution in [2.75, 3.05) is 44.1 Å². The lowest BCUT2D eigenvalue weighted by Gasteiger charge is -2.36. The Morgan fingerprint density at radius 2 is 2.05 bits per heavy atom. The molecular formula is C13H19Cl2N3O2. The van der Waals surface area contributed by atoms with Gasteiger partial charge in [-0.3, -0.25) is 0 Å². The van der Waals surface area contributed by atoms with Crippen LogP contribution >= 0.6 is 23.2 Å². The second kappa shape index (κ2) is 6.35. The van der Waals surface area contributed by atoms with E-state index in [1.807, 2.05) is 11.9 Å². The lowest BCUT2D eigenvalue weighted by molar-refractivity contribution is -0.0573. The summed E-state index contributed by atoms with van der Waals surface area (Å²) in [6.07, 6.45) is 1.23. The Labute approximate surface area is 128 Å². The number of hydrogen-bond donors (Lipinski definition) is 2. The molecule has 0 unspecified atom stereocenters. The first-order chi connectivity index (χ1) is 9.45. The van der Waals surface area contributed by atoms with Gasteiger partial charge in [-0.1, -0.05) is 23.2 Å². The fraction of sp³-hybridized carbons (Fsp3) is 0.615. The first-order valence-electron chi connectivity index (χ1n) is 6.50. The molecule has 1 aromatic rings. The minimum atomic E-state index is -0.766. The predicted octanol–water partition coefficient (Wildman–Crippen LogP) is 2.41. The summed E-state index contributed by atoms with van der Waals surface area (Å²) in [6.45, 7) is 1.61. The van der Waals surface area contributed by atoms with Crippen molar-refractivity contribution in [2.45, 2.75) is 18.4 Å². The maximum Gasteiger partial charge on any atom is 0.149 e. The third kappa shape index (κ3) is 3.47. The van der Waals surface area contributed by atoms with Gasteiger partial charge in [0.15, 0.2) is 0 Å². The van der Waals surface area contributed by atoms with Crippen molar-refractivity contribution in [1.82, 2.24) is 4.98 Å². The molecule has 0 aliphatic carbocycles. The lowest BCUT2D eigenvalue weighted by atomic mass is 9.94. The third-order valence-corrected chi connectivity index (χ3v) is 4.03. The second-order valence-corrected chi connectivity index (χ2v) is 5.88. The number of hydrogen-bond acceptors (Lipinski definition) is 5. The summed E-state index contributed by atoms with van der Waals surface area (Å²) in [7, 11) is 3.60. The Bertz CT molecular complexity index is 479. The zero-order valence-corrected chi connectivity index (χ0v) is 13.1. The SMILES string of the molecule is CNc1nc(N(C)CC2(O)CCOCC2)c(Cl)cc1Cl. The molecule has 1 aliphatic heterocycles. The molecule has 5 nitrogen and oxygen atoms in total. The van der Waals surface area contributed by atoms with Gasteiger partial charge in [0, 0.05) is 46.7 Å². The van der Waals surface area contributed by atoms with Crippen LogP contribution in [0, 0.1) is 0 Å². The van der Waals surface area contributed by atoms with Crippen molar-refractivity contribution in [1.29, 1.82) is 0 Å². The van der Waals surface area contributed by atoms with E-state index in [-0.39, 0.29) is 0 Å². The van der Waals surface area contributed by atoms with Crippen LogP contribution in [0.25, 0.3) is 0 Å². The minimum absolute atomic E-state index is 0.452. The van der Waals surface area contributed by atoms with Crippen LogP contribution in [0.5, 0.6) is 0 Å². The number of rotatable bonds is 4. The van der Waals surface area contributed by atoms with Crippen LogP contribution in [0.1, 0.15) is 12.8 Å². The largest absolute Gasteiger partial charge is 0.388 e. The minimum Gasteiger partial charge on any atom is -0.388 e. The average molecular weight is 320 g/mol. The molecule has 1 fully saturated rings. The molecule has 1 aliphatic rings. The van der Waals surface area contributed by atoms with E-state index in [1.165, 1.54) is 0 Å². The van der Waals surface area contributed by atoms with E-state index in [2.05, 4.69) is 10.3 Å². The van der Waals surface area contributed by atoms with Gasteiger partial charge in [-0.2, -0.15) is 0 Å². The molecule has 2 heterocycles. The van der Waals surface area contributed by atoms with Crippen molar-refractivity contribution < 1.29 is 9.84 Å². The molecule has 2 N–H and O–H groups in total. The van der Waals surface area contributed by atoms with Gasteiger partial charge in [0.2, 0.25) is 0 Å². The highest BCUT2D eigenvalue weighted by Gasteiger charge is 2.32. The zero-order chi connectivity index (χ0) is 14.8. The maximum absolute atomic E-state index is 10.5. The molecule has 1 saturated heterocycles. The molecule has 112 valence electrons. The fourth-order valence-corrected chi connectivity index (χ4v) is 2.92. The van der Waals surface area contributed by atoms with Crippen LogP contribution in [-0.2, 0) is 4.74 Å². The quantitative estimate of drug-likeness (QED) is 0.892. The van der Waals surface area contributed by atoms with Gasteiger partial charge in [0.1, 0.15) is 11.6 Å². The third-order valence-electron chi connectivity index (χ3n) is 3.46. The Hall–Kier alpha value is -0.750. The van der Waals surface area contributed by atoms with E-state index < -0.39 is 5.60 Å². The van der Waals surface area contributed by atoms with Crippen molar-refractivity contribution in [3.05, 3.63) is 16.1 Å². The number of nitrogens with one attached hydrogen (secondary N) is 1. The number of halogens is 2. The maximum atomic E-state index is 10.5. The number of nitrogens with zero attached hydrogens (tertiary/aromatic N) is 2. The molecule has 20 heavy (non-hydrogen) atoms. The summed E-state index contributed by atoms with van der Waals surface area (Å²) < 4.78 is 5.28. The highest BCUT2D eigenvalue weighted by atomic mass is 35.5. The van der Waals surface area contributed by atoms with E-state index in [1.54, 1.807) is 13.1 Å². The van der Waals surface area contributed by atoms with Crippen LogP contribution in [0.15, 0.2) is 6.07 Å². The van der Waals surface area contributed by atoms with Gasteiger partial charge in [0.25, 0.3) is 0 Å². The summed E-state index contributed by atoms with van der Waals surface area (Å²) in [5.74, 6) is 1.16. The zero-order valence-electron chi connectivity index (χ0n) is 11.6. The summed E-state index contributed by atoms with van der Waals surface area (Å²) in [5.41, 5.74) is -0.766. The monoisotopic (exact) mass is 319 g/mol. The van der Waals surface area contributed by atoms with Crippen LogP contribution in [-0.4, -0.2) is 49.5 Å². The fourth-order valence-electron chi connectivity index (χ4n) is 2.33. The molecule has 0 bridgehead atoms. The number of ether oxygens (including phenoxy) is 1. The number of aromatic nitrogens is 1. The molecule has 0 atom stereocenters. The first-order valence-corrected chi connectivity index (χ1v) is 7.26. The van der Waals surface area contributed by atoms with Gasteiger partial charge >= 0.3 is 0 Å². The Balaban J connectivity index is 2.18. The van der Waals surface area contributed by atoms with Crippen molar-refractivity contribution in [2.24, 2.45) is 0 Å². The van der Waals surface area contributed by atoms with Crippen LogP contribution < -0.4 is 10.2 Å². The van der Waals surface area contributed by atoms with Gasteiger partial charge in [-0.25, -0.2) is 4.98 Å². The molecule has 0 aromatic carbocycles. The lowest BCUT2D eigenvalue weighted by Crippen LogP contribution is -2.46. The Kier molecular flexibility index (Phi) is 4.96. The Morgan fingerprint density at radius 1 is 1.40 bits per heavy atom. The van der Waals surface area contributed by atoms with Crippen molar-refractivity contribution >= 4 is 34.8 Å². The predicted molar refractivity (Wildman–Crippen MR) is 82.1 cm³/mol. The van der Waals surface area contributed by atoms with Crippen LogP contribution in [0.4, 0.5) is 11.6 Å². The molecule has 2 rings (SSSR count). The number of pyridine rings is 1. The Morgan fingerprint density at radius 3 is 2.65 bits per heavy atom. The standard InChI is InChI=1S/C13H19Cl2N3O2/c1-16-11-9(14)7-10(15)12(17-11)18(2)8-13(19)3-5-20-6-4-13/h7,19H,3-6,8H2,1-2H3,(H,16,17). The second-order valence-electron chi connectivity index (χ2n) is 5.07. The number of aliphatic hydroxyl groups is 1. The normalized spacial score (nSPS) is 17.9.